The molecule has 31 heavy (non-hydrogen) atoms. The average molecular weight is 457 g/mol. The molecular weight excluding hydrogens is 416 g/mol. The molecule has 2 amide bonds. The molecule has 0 atom stereocenters. The SMILES string of the molecule is CCN1CC(=O)N(C(C)(C)CCOCCOCCC(C)(C)N2C(=O)CN(CC)C2=S)C1. The van der Waals surface area contributed by atoms with Crippen molar-refractivity contribution >= 4 is 29.1 Å². The number of hydrogen-bond acceptors (Lipinski definition) is 6. The van der Waals surface area contributed by atoms with Crippen LogP contribution in [-0.4, -0.2) is 107 Å². The fourth-order valence-electron chi connectivity index (χ4n) is 3.95. The lowest BCUT2D eigenvalue weighted by Crippen LogP contribution is -2.49. The summed E-state index contributed by atoms with van der Waals surface area (Å²) < 4.78 is 11.5. The van der Waals surface area contributed by atoms with E-state index in [2.05, 4.69) is 25.7 Å². The van der Waals surface area contributed by atoms with Crippen LogP contribution in [0.2, 0.25) is 0 Å². The van der Waals surface area contributed by atoms with Crippen LogP contribution in [0.3, 0.4) is 0 Å². The van der Waals surface area contributed by atoms with Crippen LogP contribution < -0.4 is 0 Å². The maximum Gasteiger partial charge on any atom is 0.248 e. The Morgan fingerprint density at radius 1 is 0.839 bits per heavy atom. The maximum absolute atomic E-state index is 12.3. The minimum Gasteiger partial charge on any atom is -0.379 e. The van der Waals surface area contributed by atoms with Gasteiger partial charge in [-0.05, 0) is 66.2 Å². The Morgan fingerprint density at radius 2 is 1.42 bits per heavy atom. The zero-order valence-electron chi connectivity index (χ0n) is 20.1. The summed E-state index contributed by atoms with van der Waals surface area (Å²) in [6.45, 7) is 17.6. The Hall–Kier alpha value is -1.29. The van der Waals surface area contributed by atoms with Gasteiger partial charge in [-0.3, -0.25) is 19.4 Å². The van der Waals surface area contributed by atoms with Gasteiger partial charge in [-0.25, -0.2) is 0 Å². The number of thiocarbonyl (C=S) groups is 1. The van der Waals surface area contributed by atoms with Crippen LogP contribution in [0.15, 0.2) is 0 Å². The summed E-state index contributed by atoms with van der Waals surface area (Å²) in [7, 11) is 0. The highest BCUT2D eigenvalue weighted by molar-refractivity contribution is 7.80. The van der Waals surface area contributed by atoms with Crippen molar-refractivity contribution < 1.29 is 19.1 Å². The second-order valence-electron chi connectivity index (χ2n) is 9.48. The molecule has 2 aliphatic heterocycles. The highest BCUT2D eigenvalue weighted by Gasteiger charge is 2.41. The topological polar surface area (TPSA) is 65.6 Å². The molecule has 2 aliphatic rings. The largest absolute Gasteiger partial charge is 0.379 e. The first-order valence-electron chi connectivity index (χ1n) is 11.3. The van der Waals surface area contributed by atoms with Gasteiger partial charge in [-0.15, -0.1) is 0 Å². The number of carbonyl (C=O) groups is 2. The Morgan fingerprint density at radius 3 is 1.90 bits per heavy atom. The molecule has 0 aromatic carbocycles. The fourth-order valence-corrected chi connectivity index (χ4v) is 4.49. The molecule has 2 saturated heterocycles. The smallest absolute Gasteiger partial charge is 0.248 e. The van der Waals surface area contributed by atoms with E-state index in [1.807, 2.05) is 30.6 Å². The van der Waals surface area contributed by atoms with E-state index in [4.69, 9.17) is 21.7 Å². The Balaban J connectivity index is 1.62. The molecule has 0 unspecified atom stereocenters. The highest BCUT2D eigenvalue weighted by atomic mass is 32.1. The van der Waals surface area contributed by atoms with Crippen molar-refractivity contribution in [1.82, 2.24) is 19.6 Å². The second-order valence-corrected chi connectivity index (χ2v) is 9.85. The minimum absolute atomic E-state index is 0.0568. The molecule has 0 spiro atoms. The molecule has 0 aromatic heterocycles. The number of carbonyl (C=O) groups excluding carboxylic acids is 2. The molecule has 0 N–H and O–H groups in total. The summed E-state index contributed by atoms with van der Waals surface area (Å²) in [6, 6.07) is 0. The van der Waals surface area contributed by atoms with E-state index in [0.717, 1.165) is 19.5 Å². The Labute approximate surface area is 192 Å². The van der Waals surface area contributed by atoms with Gasteiger partial charge in [0.25, 0.3) is 0 Å². The molecular formula is C22H40N4O4S. The van der Waals surface area contributed by atoms with Crippen LogP contribution in [0.5, 0.6) is 0 Å². The van der Waals surface area contributed by atoms with E-state index in [9.17, 15) is 9.59 Å². The Bertz CT molecular complexity index is 655. The summed E-state index contributed by atoms with van der Waals surface area (Å²) in [4.78, 5) is 32.3. The molecule has 9 heteroatoms. The number of amides is 2. The van der Waals surface area contributed by atoms with Crippen LogP contribution in [0.1, 0.15) is 54.4 Å². The fraction of sp³-hybridized carbons (Fsp3) is 0.864. The first-order valence-corrected chi connectivity index (χ1v) is 11.7. The lowest BCUT2D eigenvalue weighted by atomic mass is 9.99. The predicted molar refractivity (Wildman–Crippen MR) is 125 cm³/mol. The molecule has 2 heterocycles. The number of likely N-dealkylation sites (N-methyl/N-ethyl adjacent to an activating group) is 2. The van der Waals surface area contributed by atoms with Crippen molar-refractivity contribution in [3.8, 4) is 0 Å². The van der Waals surface area contributed by atoms with Crippen molar-refractivity contribution in [1.29, 1.82) is 0 Å². The Kier molecular flexibility index (Phi) is 9.24. The predicted octanol–water partition coefficient (Wildman–Crippen LogP) is 1.93. The summed E-state index contributed by atoms with van der Waals surface area (Å²) in [5.41, 5.74) is -0.601. The maximum atomic E-state index is 12.3. The van der Waals surface area contributed by atoms with Gasteiger partial charge in [-0.1, -0.05) is 6.92 Å². The van der Waals surface area contributed by atoms with E-state index in [-0.39, 0.29) is 22.9 Å². The van der Waals surface area contributed by atoms with Gasteiger partial charge < -0.3 is 19.3 Å². The molecule has 0 aromatic rings. The van der Waals surface area contributed by atoms with Gasteiger partial charge in [0.05, 0.1) is 33.0 Å². The van der Waals surface area contributed by atoms with E-state index in [1.54, 1.807) is 4.90 Å². The third kappa shape index (κ3) is 6.60. The molecule has 2 rings (SSSR count). The summed E-state index contributed by atoms with van der Waals surface area (Å²) >= 11 is 5.47. The van der Waals surface area contributed by atoms with Crippen LogP contribution in [-0.2, 0) is 19.1 Å². The highest BCUT2D eigenvalue weighted by Crippen LogP contribution is 2.26. The van der Waals surface area contributed by atoms with Crippen molar-refractivity contribution in [3.63, 3.8) is 0 Å². The third-order valence-corrected chi connectivity index (χ3v) is 6.73. The second kappa shape index (κ2) is 11.0. The molecule has 2 fully saturated rings. The number of rotatable bonds is 13. The molecule has 0 bridgehead atoms. The van der Waals surface area contributed by atoms with Gasteiger partial charge in [0.15, 0.2) is 5.11 Å². The van der Waals surface area contributed by atoms with E-state index < -0.39 is 0 Å². The standard InChI is InChI=1S/C22H40N4O4S/c1-7-23-15-18(27)25(17-23)21(3,4)9-11-29-13-14-30-12-10-22(5,6)26-19(28)16-24(8-2)20(26)31/h7-17H2,1-6H3. The van der Waals surface area contributed by atoms with Crippen LogP contribution in [0.25, 0.3) is 0 Å². The van der Waals surface area contributed by atoms with Gasteiger partial charge in [-0.2, -0.15) is 0 Å². The van der Waals surface area contributed by atoms with E-state index >= 15 is 0 Å². The van der Waals surface area contributed by atoms with Crippen molar-refractivity contribution in [2.45, 2.75) is 65.5 Å². The number of ether oxygens (including phenoxy) is 2. The summed E-state index contributed by atoms with van der Waals surface area (Å²) in [6.07, 6.45) is 1.49. The van der Waals surface area contributed by atoms with Crippen molar-refractivity contribution in [2.24, 2.45) is 0 Å². The first kappa shape index (κ1) is 26.0. The van der Waals surface area contributed by atoms with E-state index in [0.29, 0.717) is 57.7 Å². The minimum atomic E-state index is -0.377. The quantitative estimate of drug-likeness (QED) is 0.310. The normalized spacial score (nSPS) is 18.8. The molecule has 178 valence electrons. The average Bonchev–Trinajstić information content (AvgIpc) is 3.23. The number of hydrogen-bond donors (Lipinski definition) is 0. The lowest BCUT2D eigenvalue weighted by Gasteiger charge is -2.35. The van der Waals surface area contributed by atoms with Crippen molar-refractivity contribution in [3.05, 3.63) is 0 Å². The molecule has 0 aliphatic carbocycles. The molecule has 8 nitrogen and oxygen atoms in total. The van der Waals surface area contributed by atoms with Crippen LogP contribution >= 0.6 is 12.2 Å². The summed E-state index contributed by atoms with van der Waals surface area (Å²) in [5, 5.41) is 0.613. The third-order valence-electron chi connectivity index (χ3n) is 6.29. The zero-order chi connectivity index (χ0) is 23.2. The van der Waals surface area contributed by atoms with Gasteiger partial charge in [0, 0.05) is 30.8 Å². The van der Waals surface area contributed by atoms with E-state index in [1.165, 1.54) is 0 Å². The summed E-state index contributed by atoms with van der Waals surface area (Å²) in [5.74, 6) is 0.247. The van der Waals surface area contributed by atoms with Gasteiger partial charge >= 0.3 is 0 Å². The number of nitrogens with zero attached hydrogens (tertiary/aromatic N) is 4. The van der Waals surface area contributed by atoms with Gasteiger partial charge in [0.2, 0.25) is 11.8 Å². The molecule has 0 radical (unpaired) electrons. The lowest BCUT2D eigenvalue weighted by molar-refractivity contribution is -0.132. The first-order chi connectivity index (χ1) is 14.5. The molecule has 0 saturated carbocycles. The monoisotopic (exact) mass is 456 g/mol. The van der Waals surface area contributed by atoms with Crippen LogP contribution in [0.4, 0.5) is 0 Å². The van der Waals surface area contributed by atoms with Gasteiger partial charge in [0.1, 0.15) is 0 Å². The zero-order valence-corrected chi connectivity index (χ0v) is 20.9. The van der Waals surface area contributed by atoms with Crippen molar-refractivity contribution in [2.75, 3.05) is 59.3 Å². The van der Waals surface area contributed by atoms with Crippen LogP contribution in [0, 0.1) is 0 Å².